The first-order valence-corrected chi connectivity index (χ1v) is 8.77. The van der Waals surface area contributed by atoms with Gasteiger partial charge < -0.3 is 10.1 Å². The highest BCUT2D eigenvalue weighted by atomic mass is 32.2. The predicted octanol–water partition coefficient (Wildman–Crippen LogP) is 3.07. The van der Waals surface area contributed by atoms with Crippen molar-refractivity contribution in [2.24, 2.45) is 0 Å². The van der Waals surface area contributed by atoms with E-state index in [9.17, 15) is 13.2 Å². The largest absolute Gasteiger partial charge is 0.495 e. The van der Waals surface area contributed by atoms with Gasteiger partial charge in [-0.15, -0.1) is 0 Å². The number of ether oxygens (including phenoxy) is 1. The molecule has 2 N–H and O–H groups in total. The van der Waals surface area contributed by atoms with Crippen LogP contribution in [0.5, 0.6) is 5.75 Å². The molecule has 0 saturated heterocycles. The number of hydrogen-bond donors (Lipinski definition) is 2. The van der Waals surface area contributed by atoms with Crippen molar-refractivity contribution >= 4 is 27.3 Å². The molecular formula is C17H20N2O4S. The second-order valence-corrected chi connectivity index (χ2v) is 7.12. The molecular weight excluding hydrogens is 328 g/mol. The lowest BCUT2D eigenvalue weighted by atomic mass is 10.1. The molecule has 0 aliphatic heterocycles. The third-order valence-electron chi connectivity index (χ3n) is 3.41. The fourth-order valence-electron chi connectivity index (χ4n) is 2.21. The van der Waals surface area contributed by atoms with Crippen LogP contribution in [-0.4, -0.2) is 21.4 Å². The average molecular weight is 348 g/mol. The Kier molecular flexibility index (Phi) is 5.14. The molecule has 0 radical (unpaired) electrons. The monoisotopic (exact) mass is 348 g/mol. The molecule has 0 fully saturated rings. The van der Waals surface area contributed by atoms with Crippen LogP contribution >= 0.6 is 0 Å². The third kappa shape index (κ3) is 4.05. The lowest BCUT2D eigenvalue weighted by Gasteiger charge is -2.15. The van der Waals surface area contributed by atoms with E-state index in [2.05, 4.69) is 10.0 Å². The molecule has 2 rings (SSSR count). The van der Waals surface area contributed by atoms with Gasteiger partial charge in [-0.3, -0.25) is 9.52 Å². The number of amides is 1. The number of benzene rings is 2. The molecule has 7 heteroatoms. The number of sulfonamides is 1. The van der Waals surface area contributed by atoms with Crippen LogP contribution in [0.1, 0.15) is 18.1 Å². The fraction of sp³-hybridized carbons (Fsp3) is 0.235. The van der Waals surface area contributed by atoms with Gasteiger partial charge in [-0.05, 0) is 49.2 Å². The standard InChI is InChI=1S/C17H20N2O4S/c1-11-5-6-12(2)15(9-11)19-24(21,22)17-10-14(18-13(3)20)7-8-16(17)23-4/h5-10,19H,1-4H3,(H,18,20). The van der Waals surface area contributed by atoms with E-state index in [-0.39, 0.29) is 16.6 Å². The minimum Gasteiger partial charge on any atom is -0.495 e. The first kappa shape index (κ1) is 17.8. The molecule has 0 aromatic heterocycles. The summed E-state index contributed by atoms with van der Waals surface area (Å²) in [6.45, 7) is 5.06. The molecule has 0 atom stereocenters. The lowest BCUT2D eigenvalue weighted by Crippen LogP contribution is -2.16. The van der Waals surface area contributed by atoms with Crippen molar-refractivity contribution in [3.8, 4) is 5.75 Å². The molecule has 2 aromatic rings. The van der Waals surface area contributed by atoms with Gasteiger partial charge in [0.25, 0.3) is 10.0 Å². The zero-order valence-corrected chi connectivity index (χ0v) is 14.8. The molecule has 0 unspecified atom stereocenters. The Labute approximate surface area is 141 Å². The molecule has 2 aromatic carbocycles. The zero-order valence-electron chi connectivity index (χ0n) is 14.0. The first-order chi connectivity index (χ1) is 11.2. The molecule has 0 aliphatic carbocycles. The number of carbonyl (C=O) groups excluding carboxylic acids is 1. The zero-order chi connectivity index (χ0) is 17.9. The van der Waals surface area contributed by atoms with Gasteiger partial charge in [0.15, 0.2) is 0 Å². The number of nitrogens with one attached hydrogen (secondary N) is 2. The highest BCUT2D eigenvalue weighted by molar-refractivity contribution is 7.92. The molecule has 24 heavy (non-hydrogen) atoms. The van der Waals surface area contributed by atoms with Crippen molar-refractivity contribution < 1.29 is 17.9 Å². The number of methoxy groups -OCH3 is 1. The van der Waals surface area contributed by atoms with Gasteiger partial charge in [-0.25, -0.2) is 8.42 Å². The summed E-state index contributed by atoms with van der Waals surface area (Å²) in [5.74, 6) is -0.0899. The van der Waals surface area contributed by atoms with Gasteiger partial charge in [0.05, 0.1) is 12.8 Å². The van der Waals surface area contributed by atoms with Crippen molar-refractivity contribution in [3.05, 3.63) is 47.5 Å². The van der Waals surface area contributed by atoms with Crippen LogP contribution in [0.4, 0.5) is 11.4 Å². The van der Waals surface area contributed by atoms with Crippen LogP contribution < -0.4 is 14.8 Å². The summed E-state index contributed by atoms with van der Waals surface area (Å²) in [5.41, 5.74) is 2.63. The van der Waals surface area contributed by atoms with E-state index < -0.39 is 10.0 Å². The maximum Gasteiger partial charge on any atom is 0.265 e. The SMILES string of the molecule is COc1ccc(NC(C)=O)cc1S(=O)(=O)Nc1cc(C)ccc1C. The molecule has 0 heterocycles. The van der Waals surface area contributed by atoms with E-state index in [1.54, 1.807) is 12.1 Å². The number of hydrogen-bond acceptors (Lipinski definition) is 4. The second-order valence-electron chi connectivity index (χ2n) is 5.47. The summed E-state index contributed by atoms with van der Waals surface area (Å²) in [7, 11) is -2.49. The number of aryl methyl sites for hydroxylation is 2. The van der Waals surface area contributed by atoms with Crippen LogP contribution in [0.2, 0.25) is 0 Å². The van der Waals surface area contributed by atoms with Crippen LogP contribution in [-0.2, 0) is 14.8 Å². The third-order valence-corrected chi connectivity index (χ3v) is 4.80. The second kappa shape index (κ2) is 6.92. The van der Waals surface area contributed by atoms with E-state index in [1.807, 2.05) is 26.0 Å². The Morgan fingerprint density at radius 1 is 1.08 bits per heavy atom. The van der Waals surface area contributed by atoms with Gasteiger partial charge in [0.1, 0.15) is 10.6 Å². The van der Waals surface area contributed by atoms with Gasteiger partial charge in [-0.1, -0.05) is 12.1 Å². The van der Waals surface area contributed by atoms with Crippen LogP contribution in [0.15, 0.2) is 41.3 Å². The van der Waals surface area contributed by atoms with Crippen molar-refractivity contribution in [1.29, 1.82) is 0 Å². The minimum atomic E-state index is -3.88. The molecule has 0 aliphatic rings. The molecule has 0 bridgehead atoms. The number of anilines is 2. The first-order valence-electron chi connectivity index (χ1n) is 7.28. The van der Waals surface area contributed by atoms with Gasteiger partial charge in [0.2, 0.25) is 5.91 Å². The Balaban J connectivity index is 2.47. The molecule has 1 amide bonds. The van der Waals surface area contributed by atoms with Gasteiger partial charge >= 0.3 is 0 Å². The Morgan fingerprint density at radius 3 is 2.42 bits per heavy atom. The summed E-state index contributed by atoms with van der Waals surface area (Å²) >= 11 is 0. The summed E-state index contributed by atoms with van der Waals surface area (Å²) in [6, 6.07) is 9.97. The molecule has 6 nitrogen and oxygen atoms in total. The van der Waals surface area contributed by atoms with Crippen molar-refractivity contribution in [2.75, 3.05) is 17.1 Å². The van der Waals surface area contributed by atoms with Crippen LogP contribution in [0, 0.1) is 13.8 Å². The Morgan fingerprint density at radius 2 is 1.79 bits per heavy atom. The van der Waals surface area contributed by atoms with Crippen molar-refractivity contribution in [2.45, 2.75) is 25.7 Å². The Bertz CT molecular complexity index is 876. The quantitative estimate of drug-likeness (QED) is 0.870. The predicted molar refractivity (Wildman–Crippen MR) is 94.0 cm³/mol. The smallest absolute Gasteiger partial charge is 0.265 e. The molecule has 0 saturated carbocycles. The topological polar surface area (TPSA) is 84.5 Å². The normalized spacial score (nSPS) is 11.0. The van der Waals surface area contributed by atoms with E-state index >= 15 is 0 Å². The van der Waals surface area contributed by atoms with Crippen LogP contribution in [0.3, 0.4) is 0 Å². The summed E-state index contributed by atoms with van der Waals surface area (Å²) < 4.78 is 33.3. The van der Waals surface area contributed by atoms with E-state index in [0.29, 0.717) is 11.4 Å². The van der Waals surface area contributed by atoms with E-state index in [0.717, 1.165) is 11.1 Å². The lowest BCUT2D eigenvalue weighted by molar-refractivity contribution is -0.114. The van der Waals surface area contributed by atoms with E-state index in [4.69, 9.17) is 4.74 Å². The molecule has 0 spiro atoms. The van der Waals surface area contributed by atoms with E-state index in [1.165, 1.54) is 26.2 Å². The number of rotatable bonds is 5. The summed E-state index contributed by atoms with van der Waals surface area (Å²) in [4.78, 5) is 11.2. The highest BCUT2D eigenvalue weighted by Gasteiger charge is 2.21. The highest BCUT2D eigenvalue weighted by Crippen LogP contribution is 2.29. The summed E-state index contributed by atoms with van der Waals surface area (Å²) in [5, 5.41) is 2.57. The number of carbonyl (C=O) groups is 1. The van der Waals surface area contributed by atoms with Crippen molar-refractivity contribution in [1.82, 2.24) is 0 Å². The maximum atomic E-state index is 12.8. The fourth-order valence-corrected chi connectivity index (χ4v) is 3.53. The van der Waals surface area contributed by atoms with Crippen molar-refractivity contribution in [3.63, 3.8) is 0 Å². The maximum absolute atomic E-state index is 12.8. The van der Waals surface area contributed by atoms with Crippen LogP contribution in [0.25, 0.3) is 0 Å². The van der Waals surface area contributed by atoms with Gasteiger partial charge in [0, 0.05) is 12.6 Å². The van der Waals surface area contributed by atoms with Gasteiger partial charge in [-0.2, -0.15) is 0 Å². The minimum absolute atomic E-state index is 0.0443. The Hall–Kier alpha value is -2.54. The summed E-state index contributed by atoms with van der Waals surface area (Å²) in [6.07, 6.45) is 0. The average Bonchev–Trinajstić information content (AvgIpc) is 2.50. The molecule has 128 valence electrons.